The van der Waals surface area contributed by atoms with E-state index in [1.54, 1.807) is 11.9 Å². The molecule has 1 fully saturated rings. The van der Waals surface area contributed by atoms with Gasteiger partial charge in [-0.05, 0) is 30.7 Å². The van der Waals surface area contributed by atoms with Crippen molar-refractivity contribution in [2.24, 2.45) is 0 Å². The molecule has 0 bridgehead atoms. The molecule has 1 aromatic carbocycles. The minimum absolute atomic E-state index is 0.00518. The molecule has 1 aliphatic rings. The second-order valence-electron chi connectivity index (χ2n) is 5.63. The van der Waals surface area contributed by atoms with Gasteiger partial charge in [0.2, 0.25) is 11.8 Å². The number of carbonyl (C=O) groups excluding carboxylic acids is 2. The summed E-state index contributed by atoms with van der Waals surface area (Å²) in [4.78, 5) is 25.4. The van der Waals surface area contributed by atoms with Crippen molar-refractivity contribution in [3.8, 4) is 0 Å². The van der Waals surface area contributed by atoms with Crippen LogP contribution < -0.4 is 5.32 Å². The average Bonchev–Trinajstić information content (AvgIpc) is 3.03. The van der Waals surface area contributed by atoms with Crippen LogP contribution in [0.25, 0.3) is 10.9 Å². The maximum absolute atomic E-state index is 12.0. The maximum atomic E-state index is 12.0. The van der Waals surface area contributed by atoms with Crippen molar-refractivity contribution in [2.45, 2.75) is 25.4 Å². The third-order valence-corrected chi connectivity index (χ3v) is 4.31. The molecule has 2 aromatic rings. The number of hydrogen-bond donors (Lipinski definition) is 1. The Morgan fingerprint density at radius 1 is 1.41 bits per heavy atom. The summed E-state index contributed by atoms with van der Waals surface area (Å²) in [6.45, 7) is 1.28. The normalized spacial score (nSPS) is 18.2. The first kappa shape index (κ1) is 14.9. The molecule has 1 N–H and O–H groups in total. The molecule has 5 nitrogen and oxygen atoms in total. The van der Waals surface area contributed by atoms with Crippen LogP contribution in [0.2, 0.25) is 5.02 Å². The first-order chi connectivity index (χ1) is 10.5. The van der Waals surface area contributed by atoms with E-state index in [-0.39, 0.29) is 17.9 Å². The lowest BCUT2D eigenvalue weighted by Crippen LogP contribution is -2.40. The van der Waals surface area contributed by atoms with Crippen molar-refractivity contribution in [3.63, 3.8) is 0 Å². The van der Waals surface area contributed by atoms with Gasteiger partial charge in [-0.3, -0.25) is 9.59 Å². The van der Waals surface area contributed by atoms with Gasteiger partial charge in [-0.25, -0.2) is 0 Å². The highest BCUT2D eigenvalue weighted by atomic mass is 35.5. The van der Waals surface area contributed by atoms with Gasteiger partial charge in [0.05, 0.1) is 0 Å². The lowest BCUT2D eigenvalue weighted by atomic mass is 10.2. The van der Waals surface area contributed by atoms with Crippen LogP contribution in [-0.2, 0) is 16.1 Å². The Labute approximate surface area is 133 Å². The molecule has 3 rings (SSSR count). The lowest BCUT2D eigenvalue weighted by Gasteiger charge is -2.12. The van der Waals surface area contributed by atoms with Gasteiger partial charge in [-0.1, -0.05) is 11.6 Å². The van der Waals surface area contributed by atoms with Crippen molar-refractivity contribution >= 4 is 34.3 Å². The molecule has 2 heterocycles. The van der Waals surface area contributed by atoms with Crippen LogP contribution >= 0.6 is 11.6 Å². The average molecular weight is 320 g/mol. The van der Waals surface area contributed by atoms with E-state index in [2.05, 4.69) is 5.32 Å². The lowest BCUT2D eigenvalue weighted by molar-refractivity contribution is -0.131. The minimum atomic E-state index is -0.363. The molecule has 116 valence electrons. The van der Waals surface area contributed by atoms with Crippen molar-refractivity contribution in [3.05, 3.63) is 35.5 Å². The number of nitrogens with one attached hydrogen (secondary N) is 1. The summed E-state index contributed by atoms with van der Waals surface area (Å²) < 4.78 is 2.02. The highest BCUT2D eigenvalue weighted by molar-refractivity contribution is 6.31. The number of hydrogen-bond acceptors (Lipinski definition) is 2. The molecule has 6 heteroatoms. The van der Waals surface area contributed by atoms with Gasteiger partial charge in [-0.2, -0.15) is 0 Å². The fourth-order valence-electron chi connectivity index (χ4n) is 2.81. The molecule has 0 aliphatic carbocycles. The number of benzene rings is 1. The number of fused-ring (bicyclic) bond motifs is 1. The van der Waals surface area contributed by atoms with Gasteiger partial charge in [-0.15, -0.1) is 0 Å². The molecule has 1 atom stereocenters. The third kappa shape index (κ3) is 2.95. The second kappa shape index (κ2) is 6.01. The van der Waals surface area contributed by atoms with E-state index in [0.717, 1.165) is 10.9 Å². The highest BCUT2D eigenvalue weighted by Crippen LogP contribution is 2.20. The molecule has 1 aromatic heterocycles. The predicted molar refractivity (Wildman–Crippen MR) is 85.7 cm³/mol. The Bertz CT molecular complexity index is 725. The Morgan fingerprint density at radius 2 is 2.23 bits per heavy atom. The van der Waals surface area contributed by atoms with Crippen LogP contribution in [-0.4, -0.2) is 40.9 Å². The topological polar surface area (TPSA) is 54.3 Å². The standard InChI is InChI=1S/C16H18ClN3O2/c1-19-7-5-13(16(19)22)18-15(21)6-9-20-8-4-11-10-12(17)2-3-14(11)20/h2-4,8,10,13H,5-7,9H2,1H3,(H,18,21)/t13-/m1/s1. The summed E-state index contributed by atoms with van der Waals surface area (Å²) in [5.74, 6) is -0.0983. The number of halogens is 1. The Kier molecular flexibility index (Phi) is 4.07. The Hall–Kier alpha value is -2.01. The van der Waals surface area contributed by atoms with Crippen LogP contribution in [0.1, 0.15) is 12.8 Å². The van der Waals surface area contributed by atoms with Gasteiger partial charge in [0.25, 0.3) is 0 Å². The van der Waals surface area contributed by atoms with Crippen LogP contribution in [0, 0.1) is 0 Å². The largest absolute Gasteiger partial charge is 0.347 e. The molecular formula is C16H18ClN3O2. The van der Waals surface area contributed by atoms with E-state index < -0.39 is 0 Å². The number of aryl methyl sites for hydroxylation is 1. The Balaban J connectivity index is 1.59. The summed E-state index contributed by atoms with van der Waals surface area (Å²) in [6, 6.07) is 7.31. The van der Waals surface area contributed by atoms with Crippen LogP contribution in [0.5, 0.6) is 0 Å². The molecular weight excluding hydrogens is 302 g/mol. The van der Waals surface area contributed by atoms with Gasteiger partial charge < -0.3 is 14.8 Å². The first-order valence-electron chi connectivity index (χ1n) is 7.33. The van der Waals surface area contributed by atoms with Crippen molar-refractivity contribution in [2.75, 3.05) is 13.6 Å². The zero-order chi connectivity index (χ0) is 15.7. The minimum Gasteiger partial charge on any atom is -0.347 e. The van der Waals surface area contributed by atoms with Crippen LogP contribution in [0.4, 0.5) is 0 Å². The van der Waals surface area contributed by atoms with E-state index in [4.69, 9.17) is 11.6 Å². The van der Waals surface area contributed by atoms with Crippen LogP contribution in [0.3, 0.4) is 0 Å². The molecule has 0 spiro atoms. The quantitative estimate of drug-likeness (QED) is 0.937. The molecule has 22 heavy (non-hydrogen) atoms. The third-order valence-electron chi connectivity index (χ3n) is 4.08. The number of carbonyl (C=O) groups is 2. The van der Waals surface area contributed by atoms with Gasteiger partial charge in [0.1, 0.15) is 6.04 Å². The smallest absolute Gasteiger partial charge is 0.244 e. The fraction of sp³-hybridized carbons (Fsp3) is 0.375. The number of likely N-dealkylation sites (N-methyl/N-ethyl adjacent to an activating group) is 1. The maximum Gasteiger partial charge on any atom is 0.244 e. The molecule has 1 aliphatic heterocycles. The zero-order valence-electron chi connectivity index (χ0n) is 12.4. The van der Waals surface area contributed by atoms with E-state index in [9.17, 15) is 9.59 Å². The summed E-state index contributed by atoms with van der Waals surface area (Å²) in [5, 5.41) is 4.57. The number of rotatable bonds is 4. The monoisotopic (exact) mass is 319 g/mol. The number of amides is 2. The number of aromatic nitrogens is 1. The Morgan fingerprint density at radius 3 is 2.95 bits per heavy atom. The summed E-state index contributed by atoms with van der Waals surface area (Å²) in [7, 11) is 1.76. The van der Waals surface area contributed by atoms with E-state index >= 15 is 0 Å². The molecule has 0 unspecified atom stereocenters. The fourth-order valence-corrected chi connectivity index (χ4v) is 2.99. The highest BCUT2D eigenvalue weighted by Gasteiger charge is 2.29. The van der Waals surface area contributed by atoms with Gasteiger partial charge >= 0.3 is 0 Å². The SMILES string of the molecule is CN1CC[C@@H](NC(=O)CCn2ccc3cc(Cl)ccc32)C1=O. The molecule has 1 saturated heterocycles. The zero-order valence-corrected chi connectivity index (χ0v) is 13.1. The summed E-state index contributed by atoms with van der Waals surface area (Å²) >= 11 is 5.97. The van der Waals surface area contributed by atoms with Crippen molar-refractivity contribution in [1.82, 2.24) is 14.8 Å². The van der Waals surface area contributed by atoms with Crippen LogP contribution in [0.15, 0.2) is 30.5 Å². The number of likely N-dealkylation sites (tertiary alicyclic amines) is 1. The van der Waals surface area contributed by atoms with Gasteiger partial charge in [0, 0.05) is 48.7 Å². The second-order valence-corrected chi connectivity index (χ2v) is 6.07. The predicted octanol–water partition coefficient (Wildman–Crippen LogP) is 2.03. The summed E-state index contributed by atoms with van der Waals surface area (Å²) in [6.07, 6.45) is 2.98. The molecule has 0 saturated carbocycles. The van der Waals surface area contributed by atoms with Crippen molar-refractivity contribution < 1.29 is 9.59 Å². The van der Waals surface area contributed by atoms with E-state index in [1.807, 2.05) is 35.0 Å². The number of nitrogens with zero attached hydrogens (tertiary/aromatic N) is 2. The molecule has 0 radical (unpaired) electrons. The van der Waals surface area contributed by atoms with E-state index in [1.165, 1.54) is 0 Å². The van der Waals surface area contributed by atoms with E-state index in [0.29, 0.717) is 31.0 Å². The van der Waals surface area contributed by atoms with Gasteiger partial charge in [0.15, 0.2) is 0 Å². The summed E-state index contributed by atoms with van der Waals surface area (Å²) in [5.41, 5.74) is 1.05. The van der Waals surface area contributed by atoms with Crippen molar-refractivity contribution in [1.29, 1.82) is 0 Å². The molecule has 2 amide bonds. The first-order valence-corrected chi connectivity index (χ1v) is 7.71.